The van der Waals surface area contributed by atoms with Gasteiger partial charge in [-0.2, -0.15) is 0 Å². The summed E-state index contributed by atoms with van der Waals surface area (Å²) in [6.07, 6.45) is 1.71. The quantitative estimate of drug-likeness (QED) is 0.463. The maximum atomic E-state index is 6.23. The highest BCUT2D eigenvalue weighted by atomic mass is 28.3. The number of benzene rings is 1. The second-order valence-corrected chi connectivity index (χ2v) is 12.2. The van der Waals surface area contributed by atoms with Gasteiger partial charge in [0.25, 0.3) is 0 Å². The maximum Gasteiger partial charge on any atom is 0.162 e. The highest BCUT2D eigenvalue weighted by Crippen LogP contribution is 2.37. The summed E-state index contributed by atoms with van der Waals surface area (Å²) in [5.74, 6) is 5.74. The molecule has 2 heterocycles. The minimum Gasteiger partial charge on any atom is -0.493 e. The molecule has 0 unspecified atom stereocenters. The van der Waals surface area contributed by atoms with Crippen LogP contribution in [0.4, 0.5) is 0 Å². The van der Waals surface area contributed by atoms with Gasteiger partial charge in [-0.3, -0.25) is 4.98 Å². The molecule has 28 heavy (non-hydrogen) atoms. The normalized spacial score (nSPS) is 10.9. The Labute approximate surface area is 166 Å². The Bertz CT molecular complexity index is 1080. The summed E-state index contributed by atoms with van der Waals surface area (Å²) in [5, 5.41) is 0.824. The van der Waals surface area contributed by atoms with Crippen molar-refractivity contribution in [2.24, 2.45) is 0 Å². The third-order valence-corrected chi connectivity index (χ3v) is 4.86. The lowest BCUT2D eigenvalue weighted by atomic mass is 10.1. The largest absolute Gasteiger partial charge is 0.493 e. The van der Waals surface area contributed by atoms with E-state index in [1.54, 1.807) is 20.4 Å². The molecule has 0 saturated heterocycles. The van der Waals surface area contributed by atoms with Crippen LogP contribution in [0.2, 0.25) is 19.6 Å². The fourth-order valence-electron chi connectivity index (χ4n) is 2.62. The maximum absolute atomic E-state index is 6.23. The molecular formula is C22H24N2O3Si. The molecule has 2 aromatic heterocycles. The fourth-order valence-corrected chi connectivity index (χ4v) is 3.11. The van der Waals surface area contributed by atoms with Gasteiger partial charge in [0, 0.05) is 23.3 Å². The van der Waals surface area contributed by atoms with E-state index in [1.165, 1.54) is 0 Å². The molecule has 3 rings (SSSR count). The molecular weight excluding hydrogens is 368 g/mol. The van der Waals surface area contributed by atoms with Gasteiger partial charge in [-0.25, -0.2) is 4.98 Å². The Morgan fingerprint density at radius 3 is 2.29 bits per heavy atom. The first-order chi connectivity index (χ1) is 13.3. The van der Waals surface area contributed by atoms with Crippen LogP contribution in [0.3, 0.4) is 0 Å². The van der Waals surface area contributed by atoms with Crippen molar-refractivity contribution in [1.29, 1.82) is 0 Å². The molecule has 0 aliphatic carbocycles. The van der Waals surface area contributed by atoms with E-state index in [-0.39, 0.29) is 0 Å². The minimum absolute atomic E-state index is 0.619. The van der Waals surface area contributed by atoms with E-state index in [2.05, 4.69) is 41.1 Å². The van der Waals surface area contributed by atoms with E-state index in [0.29, 0.717) is 28.7 Å². The van der Waals surface area contributed by atoms with E-state index < -0.39 is 8.07 Å². The number of hydrogen-bond acceptors (Lipinski definition) is 5. The average molecular weight is 393 g/mol. The number of nitrogens with zero attached hydrogens (tertiary/aromatic N) is 2. The number of aryl methyl sites for hydroxylation is 1. The first-order valence-electron chi connectivity index (χ1n) is 9.00. The van der Waals surface area contributed by atoms with E-state index >= 15 is 0 Å². The van der Waals surface area contributed by atoms with Crippen molar-refractivity contribution in [3.8, 4) is 34.5 Å². The van der Waals surface area contributed by atoms with Crippen molar-refractivity contribution in [3.63, 3.8) is 0 Å². The van der Waals surface area contributed by atoms with Crippen LogP contribution in [-0.4, -0.2) is 32.3 Å². The summed E-state index contributed by atoms with van der Waals surface area (Å²) in [6.45, 7) is 8.55. The van der Waals surface area contributed by atoms with Gasteiger partial charge in [-0.05, 0) is 31.2 Å². The van der Waals surface area contributed by atoms with Crippen molar-refractivity contribution in [3.05, 3.63) is 47.9 Å². The zero-order valence-electron chi connectivity index (χ0n) is 17.1. The standard InChI is InChI=1S/C22H24N2O3Si/c1-15-7-8-20(17(24-15)10-12-28(4,5)6)27-19-9-11-23-18-14-22(26-3)21(25-2)13-16(18)19/h7-9,11,13-14H,1-6H3. The van der Waals surface area contributed by atoms with Crippen LogP contribution in [0.5, 0.6) is 23.0 Å². The predicted molar refractivity (Wildman–Crippen MR) is 114 cm³/mol. The number of aromatic nitrogens is 2. The third kappa shape index (κ3) is 4.43. The summed E-state index contributed by atoms with van der Waals surface area (Å²) in [4.78, 5) is 9.00. The van der Waals surface area contributed by atoms with Gasteiger partial charge in [0.05, 0.1) is 19.7 Å². The number of fused-ring (bicyclic) bond motifs is 1. The lowest BCUT2D eigenvalue weighted by molar-refractivity contribution is 0.355. The van der Waals surface area contributed by atoms with Crippen molar-refractivity contribution < 1.29 is 14.2 Å². The number of hydrogen-bond donors (Lipinski definition) is 0. The SMILES string of the molecule is COc1cc2nccc(Oc3ccc(C)nc3C#C[Si](C)(C)C)c2cc1OC. The van der Waals surface area contributed by atoms with E-state index in [9.17, 15) is 0 Å². The molecule has 144 valence electrons. The topological polar surface area (TPSA) is 53.5 Å². The molecule has 0 N–H and O–H groups in total. The summed E-state index contributed by atoms with van der Waals surface area (Å²) in [6, 6.07) is 9.35. The van der Waals surface area contributed by atoms with Gasteiger partial charge in [-0.15, -0.1) is 5.54 Å². The number of pyridine rings is 2. The number of rotatable bonds is 4. The van der Waals surface area contributed by atoms with Gasteiger partial charge in [-0.1, -0.05) is 25.6 Å². The van der Waals surface area contributed by atoms with E-state index in [4.69, 9.17) is 14.2 Å². The van der Waals surface area contributed by atoms with Crippen LogP contribution in [0.25, 0.3) is 10.9 Å². The van der Waals surface area contributed by atoms with Crippen LogP contribution in [0.15, 0.2) is 36.5 Å². The lowest BCUT2D eigenvalue weighted by Gasteiger charge is -2.13. The van der Waals surface area contributed by atoms with Gasteiger partial charge < -0.3 is 14.2 Å². The molecule has 3 aromatic rings. The molecule has 0 bridgehead atoms. The Balaban J connectivity index is 2.09. The molecule has 0 aliphatic heterocycles. The third-order valence-electron chi connectivity index (χ3n) is 3.98. The zero-order valence-corrected chi connectivity index (χ0v) is 18.1. The van der Waals surface area contributed by atoms with Crippen molar-refractivity contribution in [2.45, 2.75) is 26.6 Å². The lowest BCUT2D eigenvalue weighted by Crippen LogP contribution is -2.16. The molecule has 5 nitrogen and oxygen atoms in total. The molecule has 0 fully saturated rings. The molecule has 1 aromatic carbocycles. The summed E-state index contributed by atoms with van der Waals surface area (Å²) in [7, 11) is 1.67. The second kappa shape index (κ2) is 7.91. The van der Waals surface area contributed by atoms with Crippen LogP contribution < -0.4 is 14.2 Å². The Hall–Kier alpha value is -3.04. The Kier molecular flexibility index (Phi) is 5.57. The van der Waals surface area contributed by atoms with Gasteiger partial charge >= 0.3 is 0 Å². The highest BCUT2D eigenvalue weighted by Gasteiger charge is 2.14. The molecule has 0 saturated carbocycles. The summed E-state index contributed by atoms with van der Waals surface area (Å²) in [5.41, 5.74) is 5.66. The van der Waals surface area contributed by atoms with Crippen LogP contribution in [0, 0.1) is 18.4 Å². The van der Waals surface area contributed by atoms with Crippen molar-refractivity contribution >= 4 is 19.0 Å². The van der Waals surface area contributed by atoms with Crippen LogP contribution in [-0.2, 0) is 0 Å². The van der Waals surface area contributed by atoms with Crippen LogP contribution in [0.1, 0.15) is 11.4 Å². The molecule has 0 aliphatic rings. The Morgan fingerprint density at radius 2 is 1.61 bits per heavy atom. The highest BCUT2D eigenvalue weighted by molar-refractivity contribution is 6.83. The monoisotopic (exact) mass is 392 g/mol. The predicted octanol–water partition coefficient (Wildman–Crippen LogP) is 4.98. The fraction of sp³-hybridized carbons (Fsp3) is 0.273. The molecule has 6 heteroatoms. The minimum atomic E-state index is -1.54. The van der Waals surface area contributed by atoms with Gasteiger partial charge in [0.1, 0.15) is 13.8 Å². The zero-order chi connectivity index (χ0) is 20.3. The molecule has 0 spiro atoms. The van der Waals surface area contributed by atoms with Crippen LogP contribution >= 0.6 is 0 Å². The van der Waals surface area contributed by atoms with Gasteiger partial charge in [0.15, 0.2) is 22.9 Å². The molecule has 0 radical (unpaired) electrons. The van der Waals surface area contributed by atoms with E-state index in [0.717, 1.165) is 16.6 Å². The number of ether oxygens (including phenoxy) is 3. The average Bonchev–Trinajstić information content (AvgIpc) is 2.66. The van der Waals surface area contributed by atoms with Crippen molar-refractivity contribution in [1.82, 2.24) is 9.97 Å². The summed E-state index contributed by atoms with van der Waals surface area (Å²) >= 11 is 0. The van der Waals surface area contributed by atoms with Crippen molar-refractivity contribution in [2.75, 3.05) is 14.2 Å². The van der Waals surface area contributed by atoms with Gasteiger partial charge in [0.2, 0.25) is 0 Å². The molecule has 0 atom stereocenters. The smallest absolute Gasteiger partial charge is 0.162 e. The summed E-state index contributed by atoms with van der Waals surface area (Å²) < 4.78 is 17.0. The Morgan fingerprint density at radius 1 is 0.893 bits per heavy atom. The first-order valence-corrected chi connectivity index (χ1v) is 12.5. The number of methoxy groups -OCH3 is 2. The second-order valence-electron chi connectivity index (χ2n) is 7.43. The first kappa shape index (κ1) is 19.7. The van der Waals surface area contributed by atoms with E-state index in [1.807, 2.05) is 37.3 Å². The molecule has 0 amide bonds.